The average Bonchev–Trinajstić information content (AvgIpc) is 2.67. The molecule has 0 saturated carbocycles. The SMILES string of the molecule is CC(C)NC(=O)[C@@H](C)OC(=O)c1cc(-c2ccncc2)nc2ccccc12. The summed E-state index contributed by atoms with van der Waals surface area (Å²) in [5, 5.41) is 3.42. The van der Waals surface area contributed by atoms with Gasteiger partial charge in [0.05, 0.1) is 16.8 Å². The Kier molecular flexibility index (Phi) is 5.45. The molecule has 0 radical (unpaired) electrons. The Balaban J connectivity index is 1.97. The van der Waals surface area contributed by atoms with E-state index in [1.54, 1.807) is 25.4 Å². The van der Waals surface area contributed by atoms with Crippen molar-refractivity contribution in [3.05, 3.63) is 60.4 Å². The van der Waals surface area contributed by atoms with Crippen LogP contribution in [-0.2, 0) is 9.53 Å². The molecule has 0 aliphatic rings. The third-order valence-corrected chi connectivity index (χ3v) is 4.00. The third kappa shape index (κ3) is 4.28. The van der Waals surface area contributed by atoms with Gasteiger partial charge in [-0.2, -0.15) is 0 Å². The number of carbonyl (C=O) groups excluding carboxylic acids is 2. The van der Waals surface area contributed by atoms with Crippen LogP contribution < -0.4 is 5.32 Å². The van der Waals surface area contributed by atoms with Gasteiger partial charge in [0.1, 0.15) is 0 Å². The van der Waals surface area contributed by atoms with Crippen LogP contribution in [0.2, 0.25) is 0 Å². The number of fused-ring (bicyclic) bond motifs is 1. The molecule has 1 atom stereocenters. The number of pyridine rings is 2. The quantitative estimate of drug-likeness (QED) is 0.703. The Hall–Kier alpha value is -3.28. The molecule has 6 nitrogen and oxygen atoms in total. The largest absolute Gasteiger partial charge is 0.449 e. The minimum absolute atomic E-state index is 0.0290. The maximum atomic E-state index is 12.8. The zero-order valence-corrected chi connectivity index (χ0v) is 15.5. The summed E-state index contributed by atoms with van der Waals surface area (Å²) in [5.74, 6) is -0.888. The van der Waals surface area contributed by atoms with Gasteiger partial charge in [-0.3, -0.25) is 9.78 Å². The lowest BCUT2D eigenvalue weighted by molar-refractivity contribution is -0.129. The fourth-order valence-electron chi connectivity index (χ4n) is 2.69. The summed E-state index contributed by atoms with van der Waals surface area (Å²) < 4.78 is 5.41. The highest BCUT2D eigenvalue weighted by Gasteiger charge is 2.21. The fourth-order valence-corrected chi connectivity index (χ4v) is 2.69. The Morgan fingerprint density at radius 3 is 2.44 bits per heavy atom. The van der Waals surface area contributed by atoms with Gasteiger partial charge in [0.15, 0.2) is 6.10 Å². The average molecular weight is 363 g/mol. The van der Waals surface area contributed by atoms with Gasteiger partial charge in [-0.1, -0.05) is 18.2 Å². The molecule has 27 heavy (non-hydrogen) atoms. The second-order valence-corrected chi connectivity index (χ2v) is 6.52. The molecule has 0 unspecified atom stereocenters. The number of hydrogen-bond donors (Lipinski definition) is 1. The van der Waals surface area contributed by atoms with Crippen molar-refractivity contribution in [3.63, 3.8) is 0 Å². The summed E-state index contributed by atoms with van der Waals surface area (Å²) in [7, 11) is 0. The second kappa shape index (κ2) is 7.95. The van der Waals surface area contributed by atoms with Gasteiger partial charge in [-0.15, -0.1) is 0 Å². The number of para-hydroxylation sites is 1. The van der Waals surface area contributed by atoms with Crippen LogP contribution in [-0.4, -0.2) is 34.0 Å². The number of carbonyl (C=O) groups is 2. The molecule has 0 fully saturated rings. The van der Waals surface area contributed by atoms with E-state index in [1.165, 1.54) is 0 Å². The lowest BCUT2D eigenvalue weighted by atomic mass is 10.0. The lowest BCUT2D eigenvalue weighted by Gasteiger charge is -2.16. The monoisotopic (exact) mass is 363 g/mol. The van der Waals surface area contributed by atoms with Crippen molar-refractivity contribution in [3.8, 4) is 11.3 Å². The molecular weight excluding hydrogens is 342 g/mol. The molecule has 6 heteroatoms. The maximum Gasteiger partial charge on any atom is 0.339 e. The van der Waals surface area contributed by atoms with E-state index in [0.717, 1.165) is 5.56 Å². The number of amides is 1. The van der Waals surface area contributed by atoms with Gasteiger partial charge in [-0.05, 0) is 45.0 Å². The van der Waals surface area contributed by atoms with Gasteiger partial charge in [-0.25, -0.2) is 9.78 Å². The molecule has 3 rings (SSSR count). The summed E-state index contributed by atoms with van der Waals surface area (Å²) in [6, 6.07) is 12.7. The standard InChI is InChI=1S/C21H21N3O3/c1-13(2)23-20(25)14(3)27-21(26)17-12-19(15-8-10-22-11-9-15)24-18-7-5-4-6-16(17)18/h4-14H,1-3H3,(H,23,25)/t14-/m1/s1. The first-order valence-corrected chi connectivity index (χ1v) is 8.77. The zero-order valence-electron chi connectivity index (χ0n) is 15.5. The fraction of sp³-hybridized carbons (Fsp3) is 0.238. The molecule has 3 aromatic rings. The Labute approximate surface area is 157 Å². The normalized spacial score (nSPS) is 12.0. The second-order valence-electron chi connectivity index (χ2n) is 6.52. The zero-order chi connectivity index (χ0) is 19.4. The van der Waals surface area contributed by atoms with Gasteiger partial charge in [0, 0.05) is 29.4 Å². The lowest BCUT2D eigenvalue weighted by Crippen LogP contribution is -2.39. The molecule has 2 aromatic heterocycles. The van der Waals surface area contributed by atoms with Crippen LogP contribution in [0.1, 0.15) is 31.1 Å². The van der Waals surface area contributed by atoms with Crippen LogP contribution in [0.3, 0.4) is 0 Å². The molecule has 138 valence electrons. The first-order valence-electron chi connectivity index (χ1n) is 8.77. The van der Waals surface area contributed by atoms with Crippen LogP contribution in [0.25, 0.3) is 22.2 Å². The molecule has 0 spiro atoms. The summed E-state index contributed by atoms with van der Waals surface area (Å²) in [6.45, 7) is 5.26. The van der Waals surface area contributed by atoms with Crippen molar-refractivity contribution in [2.75, 3.05) is 0 Å². The summed E-state index contributed by atoms with van der Waals surface area (Å²) >= 11 is 0. The number of ether oxygens (including phenoxy) is 1. The molecular formula is C21H21N3O3. The van der Waals surface area contributed by atoms with Crippen molar-refractivity contribution in [2.45, 2.75) is 32.9 Å². The highest BCUT2D eigenvalue weighted by Crippen LogP contribution is 2.25. The first kappa shape index (κ1) is 18.5. The predicted octanol–water partition coefficient (Wildman–Crippen LogP) is 3.37. The molecule has 0 saturated heterocycles. The smallest absolute Gasteiger partial charge is 0.339 e. The van der Waals surface area contributed by atoms with E-state index in [2.05, 4.69) is 15.3 Å². The van der Waals surface area contributed by atoms with Crippen molar-refractivity contribution < 1.29 is 14.3 Å². The van der Waals surface area contributed by atoms with Crippen LogP contribution >= 0.6 is 0 Å². The molecule has 2 heterocycles. The van der Waals surface area contributed by atoms with Crippen molar-refractivity contribution >= 4 is 22.8 Å². The van der Waals surface area contributed by atoms with Crippen molar-refractivity contribution in [2.24, 2.45) is 0 Å². The minimum atomic E-state index is -0.892. The number of esters is 1. The van der Waals surface area contributed by atoms with Crippen molar-refractivity contribution in [1.29, 1.82) is 0 Å². The van der Waals surface area contributed by atoms with E-state index < -0.39 is 12.1 Å². The van der Waals surface area contributed by atoms with E-state index in [9.17, 15) is 9.59 Å². The number of nitrogens with zero attached hydrogens (tertiary/aromatic N) is 2. The summed E-state index contributed by atoms with van der Waals surface area (Å²) in [6.07, 6.45) is 2.45. The van der Waals surface area contributed by atoms with Crippen molar-refractivity contribution in [1.82, 2.24) is 15.3 Å². The predicted molar refractivity (Wildman–Crippen MR) is 103 cm³/mol. The summed E-state index contributed by atoms with van der Waals surface area (Å²) in [5.41, 5.74) is 2.53. The molecule has 1 aromatic carbocycles. The number of benzene rings is 1. The van der Waals surface area contributed by atoms with E-state index in [4.69, 9.17) is 4.74 Å². The van der Waals surface area contributed by atoms with Gasteiger partial charge in [0.2, 0.25) is 0 Å². The van der Waals surface area contributed by atoms with Gasteiger partial charge in [0.25, 0.3) is 5.91 Å². The van der Waals surface area contributed by atoms with Crippen LogP contribution in [0.4, 0.5) is 0 Å². The summed E-state index contributed by atoms with van der Waals surface area (Å²) in [4.78, 5) is 33.5. The Morgan fingerprint density at radius 2 is 1.74 bits per heavy atom. The minimum Gasteiger partial charge on any atom is -0.449 e. The van der Waals surface area contributed by atoms with Gasteiger partial charge < -0.3 is 10.1 Å². The molecule has 0 aliphatic heterocycles. The highest BCUT2D eigenvalue weighted by atomic mass is 16.5. The molecule has 0 bridgehead atoms. The van der Waals surface area contributed by atoms with E-state index in [-0.39, 0.29) is 11.9 Å². The molecule has 1 amide bonds. The topological polar surface area (TPSA) is 81.2 Å². The van der Waals surface area contributed by atoms with Crippen LogP contribution in [0.5, 0.6) is 0 Å². The van der Waals surface area contributed by atoms with Gasteiger partial charge >= 0.3 is 5.97 Å². The molecule has 1 N–H and O–H groups in total. The van der Waals surface area contributed by atoms with Crippen LogP contribution in [0.15, 0.2) is 54.9 Å². The van der Waals surface area contributed by atoms with E-state index in [1.807, 2.05) is 50.2 Å². The number of nitrogens with one attached hydrogen (secondary N) is 1. The maximum absolute atomic E-state index is 12.8. The number of hydrogen-bond acceptors (Lipinski definition) is 5. The highest BCUT2D eigenvalue weighted by molar-refractivity contribution is 6.05. The Bertz CT molecular complexity index is 971. The van der Waals surface area contributed by atoms with Crippen LogP contribution in [0, 0.1) is 0 Å². The third-order valence-electron chi connectivity index (χ3n) is 4.00. The number of rotatable bonds is 5. The first-order chi connectivity index (χ1) is 13.0. The van der Waals surface area contributed by atoms with E-state index in [0.29, 0.717) is 22.2 Å². The number of aromatic nitrogens is 2. The Morgan fingerprint density at radius 1 is 1.04 bits per heavy atom. The molecule has 0 aliphatic carbocycles. The van der Waals surface area contributed by atoms with E-state index >= 15 is 0 Å².